The molecular weight excluding hydrogens is 378 g/mol. The molecule has 1 aromatic carbocycles. The van der Waals surface area contributed by atoms with Gasteiger partial charge >= 0.3 is 5.97 Å². The lowest BCUT2D eigenvalue weighted by molar-refractivity contribution is 0.0601. The lowest BCUT2D eigenvalue weighted by atomic mass is 10.1. The summed E-state index contributed by atoms with van der Waals surface area (Å²) in [5, 5.41) is 6.62. The van der Waals surface area contributed by atoms with Crippen LogP contribution in [0.25, 0.3) is 0 Å². The summed E-state index contributed by atoms with van der Waals surface area (Å²) < 4.78 is 31.3. The van der Waals surface area contributed by atoms with Gasteiger partial charge in [0.05, 0.1) is 12.7 Å². The van der Waals surface area contributed by atoms with Crippen molar-refractivity contribution in [3.05, 3.63) is 45.8 Å². The van der Waals surface area contributed by atoms with Gasteiger partial charge in [-0.1, -0.05) is 6.42 Å². The van der Waals surface area contributed by atoms with Crippen LogP contribution in [-0.4, -0.2) is 18.2 Å². The number of carbonyl (C=O) groups excluding carboxylic acids is 1. The smallest absolute Gasteiger partial charge is 0.341 e. The summed E-state index contributed by atoms with van der Waals surface area (Å²) in [7, 11) is 1.35. The molecule has 0 atom stereocenters. The largest absolute Gasteiger partial charge is 0.465 e. The third kappa shape index (κ3) is 4.02. The van der Waals surface area contributed by atoms with E-state index in [9.17, 15) is 13.6 Å². The van der Waals surface area contributed by atoms with E-state index in [0.29, 0.717) is 16.3 Å². The number of thiophene rings is 1. The number of hydrogen-bond donors (Lipinski definition) is 2. The van der Waals surface area contributed by atoms with E-state index < -0.39 is 17.6 Å². The quantitative estimate of drug-likeness (QED) is 0.439. The molecular formula is C18H18F2N2O2S2. The first-order valence-electron chi connectivity index (χ1n) is 8.25. The van der Waals surface area contributed by atoms with Gasteiger partial charge in [0.1, 0.15) is 5.00 Å². The number of fused-ring (bicyclic) bond motifs is 1. The fourth-order valence-electron chi connectivity index (χ4n) is 2.99. The highest BCUT2D eigenvalue weighted by molar-refractivity contribution is 7.80. The predicted octanol–water partition coefficient (Wildman–Crippen LogP) is 4.89. The minimum atomic E-state index is -0.962. The second-order valence-electron chi connectivity index (χ2n) is 5.97. The SMILES string of the molecule is COC(=O)c1c(NC(=S)Nc2ccc(F)c(F)c2)sc2c1CCCCC2. The zero-order valence-corrected chi connectivity index (χ0v) is 15.8. The van der Waals surface area contributed by atoms with Crippen molar-refractivity contribution in [3.63, 3.8) is 0 Å². The Balaban J connectivity index is 1.83. The summed E-state index contributed by atoms with van der Waals surface area (Å²) >= 11 is 6.75. The van der Waals surface area contributed by atoms with Crippen molar-refractivity contribution < 1.29 is 18.3 Å². The molecule has 0 fully saturated rings. The van der Waals surface area contributed by atoms with Crippen molar-refractivity contribution in [3.8, 4) is 0 Å². The molecule has 2 N–H and O–H groups in total. The molecule has 4 nitrogen and oxygen atoms in total. The van der Waals surface area contributed by atoms with Crippen molar-refractivity contribution in [2.24, 2.45) is 0 Å². The second kappa shape index (κ2) is 8.09. The van der Waals surface area contributed by atoms with Crippen LogP contribution in [0.15, 0.2) is 18.2 Å². The van der Waals surface area contributed by atoms with Crippen LogP contribution in [0.2, 0.25) is 0 Å². The average Bonchev–Trinajstić information content (AvgIpc) is 2.78. The Morgan fingerprint density at radius 3 is 2.65 bits per heavy atom. The van der Waals surface area contributed by atoms with E-state index in [2.05, 4.69) is 10.6 Å². The van der Waals surface area contributed by atoms with Crippen LogP contribution < -0.4 is 10.6 Å². The highest BCUT2D eigenvalue weighted by atomic mass is 32.1. The number of methoxy groups -OCH3 is 1. The molecule has 0 unspecified atom stereocenters. The molecule has 0 bridgehead atoms. The molecule has 2 aromatic rings. The van der Waals surface area contributed by atoms with Crippen LogP contribution >= 0.6 is 23.6 Å². The molecule has 138 valence electrons. The monoisotopic (exact) mass is 396 g/mol. The fourth-order valence-corrected chi connectivity index (χ4v) is 4.55. The first kappa shape index (κ1) is 18.7. The normalized spacial score (nSPS) is 13.5. The summed E-state index contributed by atoms with van der Waals surface area (Å²) in [6.07, 6.45) is 5.02. The molecule has 0 saturated carbocycles. The van der Waals surface area contributed by atoms with Gasteiger partial charge in [-0.3, -0.25) is 0 Å². The zero-order valence-electron chi connectivity index (χ0n) is 14.2. The number of aryl methyl sites for hydroxylation is 1. The molecule has 1 heterocycles. The lowest BCUT2D eigenvalue weighted by Crippen LogP contribution is -2.20. The van der Waals surface area contributed by atoms with E-state index in [1.165, 1.54) is 29.4 Å². The molecule has 1 aliphatic rings. The van der Waals surface area contributed by atoms with Crippen molar-refractivity contribution >= 4 is 45.3 Å². The van der Waals surface area contributed by atoms with Crippen LogP contribution in [0.1, 0.15) is 40.1 Å². The number of rotatable bonds is 3. The minimum absolute atomic E-state index is 0.192. The van der Waals surface area contributed by atoms with E-state index in [0.717, 1.165) is 49.8 Å². The molecule has 3 rings (SSSR count). The topological polar surface area (TPSA) is 50.4 Å². The number of carbonyl (C=O) groups is 1. The van der Waals surface area contributed by atoms with Gasteiger partial charge in [-0.2, -0.15) is 0 Å². The Hall–Kier alpha value is -2.06. The maximum absolute atomic E-state index is 13.3. The Labute approximate surface area is 159 Å². The standard InChI is InChI=1S/C18H18F2N2O2S2/c1-24-17(23)15-11-5-3-2-4-6-14(11)26-16(15)22-18(25)21-10-7-8-12(19)13(20)9-10/h7-9H,2-6H2,1H3,(H2,21,22,25). The number of nitrogens with one attached hydrogen (secondary N) is 2. The van der Waals surface area contributed by atoms with E-state index in [4.69, 9.17) is 17.0 Å². The van der Waals surface area contributed by atoms with Crippen LogP contribution in [0.3, 0.4) is 0 Å². The van der Waals surface area contributed by atoms with Crippen molar-refractivity contribution in [2.75, 3.05) is 17.7 Å². The average molecular weight is 396 g/mol. The van der Waals surface area contributed by atoms with Crippen LogP contribution in [-0.2, 0) is 17.6 Å². The summed E-state index contributed by atoms with van der Waals surface area (Å²) in [6.45, 7) is 0. The predicted molar refractivity (Wildman–Crippen MR) is 103 cm³/mol. The molecule has 0 amide bonds. The summed E-state index contributed by atoms with van der Waals surface area (Å²) in [5.74, 6) is -2.29. The number of ether oxygens (including phenoxy) is 1. The highest BCUT2D eigenvalue weighted by Crippen LogP contribution is 2.38. The third-order valence-corrected chi connectivity index (χ3v) is 5.63. The molecule has 26 heavy (non-hydrogen) atoms. The molecule has 0 radical (unpaired) electrons. The number of esters is 1. The Morgan fingerprint density at radius 1 is 1.15 bits per heavy atom. The van der Waals surface area contributed by atoms with Gasteiger partial charge in [0.25, 0.3) is 0 Å². The Morgan fingerprint density at radius 2 is 1.92 bits per heavy atom. The van der Waals surface area contributed by atoms with Gasteiger partial charge < -0.3 is 15.4 Å². The maximum Gasteiger partial charge on any atom is 0.341 e. The van der Waals surface area contributed by atoms with Crippen LogP contribution in [0.4, 0.5) is 19.5 Å². The Kier molecular flexibility index (Phi) is 5.83. The molecule has 0 aliphatic heterocycles. The van der Waals surface area contributed by atoms with Crippen molar-refractivity contribution in [1.82, 2.24) is 0 Å². The van der Waals surface area contributed by atoms with E-state index >= 15 is 0 Å². The fraction of sp³-hybridized carbons (Fsp3) is 0.333. The van der Waals surface area contributed by atoms with Gasteiger partial charge in [-0.15, -0.1) is 11.3 Å². The van der Waals surface area contributed by atoms with Crippen molar-refractivity contribution in [2.45, 2.75) is 32.1 Å². The van der Waals surface area contributed by atoms with E-state index in [1.807, 2.05) is 0 Å². The molecule has 0 saturated heterocycles. The van der Waals surface area contributed by atoms with Gasteiger partial charge in [-0.05, 0) is 55.6 Å². The summed E-state index contributed by atoms with van der Waals surface area (Å²) in [4.78, 5) is 13.5. The molecule has 0 spiro atoms. The number of halogens is 2. The maximum atomic E-state index is 13.3. The van der Waals surface area contributed by atoms with Crippen LogP contribution in [0, 0.1) is 11.6 Å². The molecule has 8 heteroatoms. The first-order chi connectivity index (χ1) is 12.5. The second-order valence-corrected chi connectivity index (χ2v) is 7.48. The Bertz CT molecular complexity index is 852. The van der Waals surface area contributed by atoms with Gasteiger partial charge in [0.2, 0.25) is 0 Å². The highest BCUT2D eigenvalue weighted by Gasteiger charge is 2.25. The number of hydrogen-bond acceptors (Lipinski definition) is 4. The van der Waals surface area contributed by atoms with Gasteiger partial charge in [0, 0.05) is 16.6 Å². The van der Waals surface area contributed by atoms with Gasteiger partial charge in [-0.25, -0.2) is 13.6 Å². The van der Waals surface area contributed by atoms with E-state index in [-0.39, 0.29) is 5.11 Å². The third-order valence-electron chi connectivity index (χ3n) is 4.22. The minimum Gasteiger partial charge on any atom is -0.465 e. The number of thiocarbonyl (C=S) groups is 1. The molecule has 1 aromatic heterocycles. The molecule has 1 aliphatic carbocycles. The van der Waals surface area contributed by atoms with Crippen molar-refractivity contribution in [1.29, 1.82) is 0 Å². The van der Waals surface area contributed by atoms with E-state index in [1.54, 1.807) is 0 Å². The lowest BCUT2D eigenvalue weighted by Gasteiger charge is -2.11. The number of benzene rings is 1. The first-order valence-corrected chi connectivity index (χ1v) is 9.48. The zero-order chi connectivity index (χ0) is 18.7. The summed E-state index contributed by atoms with van der Waals surface area (Å²) in [5.41, 5.74) is 1.86. The number of anilines is 2. The van der Waals surface area contributed by atoms with Gasteiger partial charge in [0.15, 0.2) is 16.7 Å². The van der Waals surface area contributed by atoms with Crippen LogP contribution in [0.5, 0.6) is 0 Å². The summed E-state index contributed by atoms with van der Waals surface area (Å²) in [6, 6.07) is 3.43.